The summed E-state index contributed by atoms with van der Waals surface area (Å²) in [4.78, 5) is 25.9. The summed E-state index contributed by atoms with van der Waals surface area (Å²) in [5.74, 6) is 1.96. The predicted octanol–water partition coefficient (Wildman–Crippen LogP) is 2.23. The Morgan fingerprint density at radius 3 is 2.68 bits per heavy atom. The van der Waals surface area contributed by atoms with Gasteiger partial charge in [0.2, 0.25) is 5.91 Å². The van der Waals surface area contributed by atoms with Gasteiger partial charge in [-0.15, -0.1) is 0 Å². The third kappa shape index (κ3) is 4.09. The van der Waals surface area contributed by atoms with Crippen molar-refractivity contribution in [1.82, 2.24) is 14.9 Å². The molecule has 0 N–H and O–H groups in total. The second-order valence-electron chi connectivity index (χ2n) is 7.21. The molecule has 1 aromatic carbocycles. The zero-order valence-corrected chi connectivity index (χ0v) is 16.2. The average molecular weight is 382 g/mol. The number of carbonyl (C=O) groups is 1. The largest absolute Gasteiger partial charge is 0.497 e. The van der Waals surface area contributed by atoms with Crippen molar-refractivity contribution in [3.05, 3.63) is 36.7 Å². The van der Waals surface area contributed by atoms with Gasteiger partial charge in [0, 0.05) is 37.8 Å². The van der Waals surface area contributed by atoms with Gasteiger partial charge in [0.1, 0.15) is 17.9 Å². The van der Waals surface area contributed by atoms with Gasteiger partial charge in [-0.2, -0.15) is 0 Å². The number of amides is 1. The fraction of sp³-hybridized carbons (Fsp3) is 0.476. The minimum absolute atomic E-state index is 0.0197. The molecule has 7 nitrogen and oxygen atoms in total. The second kappa shape index (κ2) is 8.56. The third-order valence-corrected chi connectivity index (χ3v) is 5.46. The van der Waals surface area contributed by atoms with Gasteiger partial charge in [0.25, 0.3) is 0 Å². The number of nitrogens with zero attached hydrogens (tertiary/aromatic N) is 4. The summed E-state index contributed by atoms with van der Waals surface area (Å²) < 4.78 is 10.6. The quantitative estimate of drug-likeness (QED) is 0.808. The van der Waals surface area contributed by atoms with Gasteiger partial charge in [0.15, 0.2) is 0 Å². The molecular weight excluding hydrogens is 356 g/mol. The fourth-order valence-electron chi connectivity index (χ4n) is 3.87. The van der Waals surface area contributed by atoms with Crippen LogP contribution in [0.25, 0.3) is 11.3 Å². The van der Waals surface area contributed by atoms with Crippen molar-refractivity contribution in [3.63, 3.8) is 0 Å². The number of hydrogen-bond donors (Lipinski definition) is 0. The summed E-state index contributed by atoms with van der Waals surface area (Å²) in [7, 11) is 1.66. The molecule has 0 aliphatic carbocycles. The third-order valence-electron chi connectivity index (χ3n) is 5.46. The lowest BCUT2D eigenvalue weighted by atomic mass is 9.96. The lowest BCUT2D eigenvalue weighted by molar-refractivity contribution is -0.139. The maximum absolute atomic E-state index is 12.9. The number of aromatic nitrogens is 2. The van der Waals surface area contributed by atoms with Crippen LogP contribution in [-0.4, -0.2) is 67.3 Å². The van der Waals surface area contributed by atoms with Crippen molar-refractivity contribution in [2.24, 2.45) is 5.92 Å². The molecule has 0 radical (unpaired) electrons. The van der Waals surface area contributed by atoms with Crippen LogP contribution in [-0.2, 0) is 9.53 Å². The van der Waals surface area contributed by atoms with Gasteiger partial charge in [-0.05, 0) is 37.1 Å². The summed E-state index contributed by atoms with van der Waals surface area (Å²) in [5, 5.41) is 0. The molecule has 148 valence electrons. The summed E-state index contributed by atoms with van der Waals surface area (Å²) in [6.07, 6.45) is 3.52. The Labute approximate surface area is 165 Å². The fourth-order valence-corrected chi connectivity index (χ4v) is 3.87. The molecule has 2 aromatic rings. The molecular formula is C21H26N4O3. The first-order valence-corrected chi connectivity index (χ1v) is 9.82. The second-order valence-corrected chi connectivity index (χ2v) is 7.21. The van der Waals surface area contributed by atoms with E-state index in [1.807, 2.05) is 35.2 Å². The zero-order chi connectivity index (χ0) is 19.3. The highest BCUT2D eigenvalue weighted by molar-refractivity contribution is 5.80. The van der Waals surface area contributed by atoms with E-state index in [-0.39, 0.29) is 11.8 Å². The molecule has 2 fully saturated rings. The number of hydrogen-bond acceptors (Lipinski definition) is 6. The summed E-state index contributed by atoms with van der Waals surface area (Å²) in [6.45, 7) is 4.29. The SMILES string of the molecule is COc1ccc(-c2cc(N3CCCC(C(=O)N4CCOCC4)C3)ncn2)cc1. The van der Waals surface area contributed by atoms with Gasteiger partial charge in [-0.3, -0.25) is 4.79 Å². The number of carbonyl (C=O) groups excluding carboxylic acids is 1. The van der Waals surface area contributed by atoms with E-state index in [1.54, 1.807) is 13.4 Å². The minimum atomic E-state index is 0.0197. The first-order chi connectivity index (χ1) is 13.7. The molecule has 2 aliphatic heterocycles. The maximum atomic E-state index is 12.9. The highest BCUT2D eigenvalue weighted by Crippen LogP contribution is 2.27. The zero-order valence-electron chi connectivity index (χ0n) is 16.2. The molecule has 3 heterocycles. The summed E-state index contributed by atoms with van der Waals surface area (Å²) in [5.41, 5.74) is 1.89. The van der Waals surface area contributed by atoms with Crippen molar-refractivity contribution >= 4 is 11.7 Å². The van der Waals surface area contributed by atoms with Crippen LogP contribution in [0.5, 0.6) is 5.75 Å². The van der Waals surface area contributed by atoms with E-state index in [9.17, 15) is 4.79 Å². The van der Waals surface area contributed by atoms with Crippen LogP contribution in [0.2, 0.25) is 0 Å². The number of methoxy groups -OCH3 is 1. The van der Waals surface area contributed by atoms with E-state index in [0.29, 0.717) is 32.8 Å². The van der Waals surface area contributed by atoms with Crippen LogP contribution in [0.1, 0.15) is 12.8 Å². The standard InChI is InChI=1S/C21H26N4O3/c1-27-18-6-4-16(5-7-18)19-13-20(23-15-22-19)25-8-2-3-17(14-25)21(26)24-9-11-28-12-10-24/h4-7,13,15,17H,2-3,8-12,14H2,1H3. The summed E-state index contributed by atoms with van der Waals surface area (Å²) in [6, 6.07) is 9.84. The first kappa shape index (κ1) is 18.7. The molecule has 0 bridgehead atoms. The smallest absolute Gasteiger partial charge is 0.227 e. The van der Waals surface area contributed by atoms with Crippen molar-refractivity contribution in [3.8, 4) is 17.0 Å². The molecule has 2 saturated heterocycles. The molecule has 0 saturated carbocycles. The highest BCUT2D eigenvalue weighted by atomic mass is 16.5. The van der Waals surface area contributed by atoms with E-state index >= 15 is 0 Å². The van der Waals surface area contributed by atoms with Crippen LogP contribution >= 0.6 is 0 Å². The Bertz CT molecular complexity index is 806. The molecule has 1 amide bonds. The topological polar surface area (TPSA) is 67.8 Å². The van der Waals surface area contributed by atoms with Gasteiger partial charge >= 0.3 is 0 Å². The van der Waals surface area contributed by atoms with Crippen molar-refractivity contribution in [2.75, 3.05) is 51.4 Å². The van der Waals surface area contributed by atoms with Crippen LogP contribution in [0.15, 0.2) is 36.7 Å². The van der Waals surface area contributed by atoms with Crippen LogP contribution < -0.4 is 9.64 Å². The predicted molar refractivity (Wildman–Crippen MR) is 106 cm³/mol. The molecule has 1 atom stereocenters. The Morgan fingerprint density at radius 2 is 1.93 bits per heavy atom. The molecule has 7 heteroatoms. The van der Waals surface area contributed by atoms with Gasteiger partial charge in [0.05, 0.1) is 31.9 Å². The Hall–Kier alpha value is -2.67. The lowest BCUT2D eigenvalue weighted by Gasteiger charge is -2.36. The van der Waals surface area contributed by atoms with Crippen molar-refractivity contribution < 1.29 is 14.3 Å². The molecule has 4 rings (SSSR count). The van der Waals surface area contributed by atoms with Gasteiger partial charge in [-0.25, -0.2) is 9.97 Å². The van der Waals surface area contributed by atoms with E-state index < -0.39 is 0 Å². The molecule has 1 unspecified atom stereocenters. The Kier molecular flexibility index (Phi) is 5.71. The van der Waals surface area contributed by atoms with E-state index in [2.05, 4.69) is 14.9 Å². The molecule has 1 aromatic heterocycles. The molecule has 0 spiro atoms. The van der Waals surface area contributed by atoms with Gasteiger partial charge in [-0.1, -0.05) is 0 Å². The number of piperidine rings is 1. The van der Waals surface area contributed by atoms with E-state index in [1.165, 1.54) is 0 Å². The number of anilines is 1. The highest BCUT2D eigenvalue weighted by Gasteiger charge is 2.30. The number of benzene rings is 1. The monoisotopic (exact) mass is 382 g/mol. The Morgan fingerprint density at radius 1 is 1.14 bits per heavy atom. The van der Waals surface area contributed by atoms with Crippen LogP contribution in [0.3, 0.4) is 0 Å². The first-order valence-electron chi connectivity index (χ1n) is 9.82. The van der Waals surface area contributed by atoms with Crippen molar-refractivity contribution in [1.29, 1.82) is 0 Å². The number of ether oxygens (including phenoxy) is 2. The maximum Gasteiger partial charge on any atom is 0.227 e. The molecule has 2 aliphatic rings. The summed E-state index contributed by atoms with van der Waals surface area (Å²) >= 11 is 0. The van der Waals surface area contributed by atoms with Gasteiger partial charge < -0.3 is 19.3 Å². The number of morpholine rings is 1. The van der Waals surface area contributed by atoms with E-state index in [0.717, 1.165) is 42.2 Å². The lowest BCUT2D eigenvalue weighted by Crippen LogP contribution is -2.48. The van der Waals surface area contributed by atoms with Crippen LogP contribution in [0, 0.1) is 5.92 Å². The normalized spacial score (nSPS) is 20.1. The minimum Gasteiger partial charge on any atom is -0.497 e. The average Bonchev–Trinajstić information content (AvgIpc) is 2.79. The van der Waals surface area contributed by atoms with E-state index in [4.69, 9.17) is 9.47 Å². The van der Waals surface area contributed by atoms with Crippen LogP contribution in [0.4, 0.5) is 5.82 Å². The number of rotatable bonds is 4. The Balaban J connectivity index is 1.48. The van der Waals surface area contributed by atoms with Crippen molar-refractivity contribution in [2.45, 2.75) is 12.8 Å². The molecule has 28 heavy (non-hydrogen) atoms.